The second-order valence-electron chi connectivity index (χ2n) is 8.98. The Balaban J connectivity index is 1.61. The van der Waals surface area contributed by atoms with Gasteiger partial charge in [0.1, 0.15) is 12.8 Å². The number of piperidine rings is 1. The van der Waals surface area contributed by atoms with Crippen molar-refractivity contribution in [3.8, 4) is 23.3 Å². The van der Waals surface area contributed by atoms with Crippen molar-refractivity contribution in [1.29, 1.82) is 0 Å². The molecule has 39 heavy (non-hydrogen) atoms. The monoisotopic (exact) mass is 586 g/mol. The second kappa shape index (κ2) is 11.6. The average Bonchev–Trinajstić information content (AvgIpc) is 3.19. The molecular weight excluding hydrogens is 560 g/mol. The first-order chi connectivity index (χ1) is 18.4. The van der Waals surface area contributed by atoms with Crippen LogP contribution < -0.4 is 14.8 Å². The SMILES string of the molecule is COc1cc(S(C)(=O)=O)ccc1OCC#Cc1oc2c(N[C@@H]3CCN(C)C[C@@H]3F)cccc2c1SC(F)(F)F. The summed E-state index contributed by atoms with van der Waals surface area (Å²) < 4.78 is 94.9. The fraction of sp³-hybridized carbons (Fsp3) is 0.385. The standard InChI is InChI=1S/C26H26F4N2O5S2/c1-32-12-11-19(18(27)15-32)31-20-7-4-6-17-24(20)37-22(25(17)38-26(28,29)30)8-5-13-36-21-10-9-16(39(3,33)34)14-23(21)35-2/h4,6-7,9-10,14,18-19,31H,11-13,15H2,1-3H3/t18-,19+/m0/s1. The summed E-state index contributed by atoms with van der Waals surface area (Å²) in [4.78, 5) is 1.71. The number of fused-ring (bicyclic) bond motifs is 1. The Kier molecular flexibility index (Phi) is 8.58. The Bertz CT molecular complexity index is 1510. The summed E-state index contributed by atoms with van der Waals surface area (Å²) in [6, 6.07) is 8.25. The van der Waals surface area contributed by atoms with Crippen LogP contribution in [0.4, 0.5) is 23.2 Å². The van der Waals surface area contributed by atoms with Gasteiger partial charge in [0.15, 0.2) is 32.7 Å². The molecule has 210 valence electrons. The number of likely N-dealkylation sites (tertiary alicyclic amines) is 1. The van der Waals surface area contributed by atoms with Crippen LogP contribution in [0.3, 0.4) is 0 Å². The van der Waals surface area contributed by atoms with Gasteiger partial charge in [0, 0.05) is 30.8 Å². The zero-order valence-corrected chi connectivity index (χ0v) is 22.9. The first-order valence-corrected chi connectivity index (χ1v) is 14.5. The molecule has 1 aliphatic rings. The van der Waals surface area contributed by atoms with Crippen LogP contribution in [0.2, 0.25) is 0 Å². The van der Waals surface area contributed by atoms with Gasteiger partial charge in [-0.15, -0.1) is 0 Å². The molecule has 0 bridgehead atoms. The van der Waals surface area contributed by atoms with E-state index in [-0.39, 0.29) is 62.9 Å². The van der Waals surface area contributed by atoms with Crippen LogP contribution >= 0.6 is 11.8 Å². The van der Waals surface area contributed by atoms with Gasteiger partial charge in [-0.1, -0.05) is 12.0 Å². The van der Waals surface area contributed by atoms with Crippen molar-refractivity contribution in [3.63, 3.8) is 0 Å². The molecule has 0 aliphatic carbocycles. The van der Waals surface area contributed by atoms with Gasteiger partial charge in [-0.2, -0.15) is 13.2 Å². The number of hydrogen-bond donors (Lipinski definition) is 1. The van der Waals surface area contributed by atoms with E-state index in [1.807, 2.05) is 11.9 Å². The van der Waals surface area contributed by atoms with Gasteiger partial charge in [-0.25, -0.2) is 12.8 Å². The Morgan fingerprint density at radius 1 is 1.23 bits per heavy atom. The Morgan fingerprint density at radius 2 is 2.00 bits per heavy atom. The van der Waals surface area contributed by atoms with E-state index in [2.05, 4.69) is 17.2 Å². The summed E-state index contributed by atoms with van der Waals surface area (Å²) in [5.41, 5.74) is -4.06. The highest BCUT2D eigenvalue weighted by atomic mass is 32.2. The fourth-order valence-corrected chi connectivity index (χ4v) is 5.48. The van der Waals surface area contributed by atoms with Crippen molar-refractivity contribution in [3.05, 3.63) is 42.2 Å². The summed E-state index contributed by atoms with van der Waals surface area (Å²) in [6.07, 6.45) is 0.428. The predicted octanol–water partition coefficient (Wildman–Crippen LogP) is 5.34. The first kappa shape index (κ1) is 28.9. The lowest BCUT2D eigenvalue weighted by atomic mass is 10.0. The molecule has 2 atom stereocenters. The molecule has 0 amide bonds. The minimum absolute atomic E-state index is 0.0395. The molecule has 0 radical (unpaired) electrons. The van der Waals surface area contributed by atoms with Gasteiger partial charge in [0.2, 0.25) is 0 Å². The molecule has 3 aromatic rings. The summed E-state index contributed by atoms with van der Waals surface area (Å²) >= 11 is -0.339. The molecule has 1 saturated heterocycles. The molecule has 4 rings (SSSR count). The number of rotatable bonds is 7. The molecule has 0 saturated carbocycles. The maximum absolute atomic E-state index is 14.6. The number of methoxy groups -OCH3 is 1. The zero-order valence-electron chi connectivity index (χ0n) is 21.3. The number of hydrogen-bond acceptors (Lipinski definition) is 8. The fourth-order valence-electron chi connectivity index (χ4n) is 4.16. The summed E-state index contributed by atoms with van der Waals surface area (Å²) in [6.45, 7) is 0.686. The van der Waals surface area contributed by atoms with Gasteiger partial charge < -0.3 is 24.1 Å². The van der Waals surface area contributed by atoms with Gasteiger partial charge in [0.25, 0.3) is 0 Å². The van der Waals surface area contributed by atoms with Gasteiger partial charge in [-0.3, -0.25) is 0 Å². The normalized spacial score (nSPS) is 18.4. The van der Waals surface area contributed by atoms with Gasteiger partial charge in [-0.05, 0) is 55.4 Å². The minimum atomic E-state index is -4.60. The largest absolute Gasteiger partial charge is 0.493 e. The Labute approximate surface area is 227 Å². The van der Waals surface area contributed by atoms with Gasteiger partial charge in [0.05, 0.1) is 28.6 Å². The summed E-state index contributed by atoms with van der Waals surface area (Å²) in [5, 5.41) is 3.30. The highest BCUT2D eigenvalue weighted by Gasteiger charge is 2.34. The van der Waals surface area contributed by atoms with Crippen molar-refractivity contribution in [2.24, 2.45) is 0 Å². The van der Waals surface area contributed by atoms with Crippen molar-refractivity contribution in [1.82, 2.24) is 4.90 Å². The zero-order chi connectivity index (χ0) is 28.4. The number of thioether (sulfide) groups is 1. The third-order valence-electron chi connectivity index (χ3n) is 6.04. The maximum atomic E-state index is 14.6. The van der Waals surface area contributed by atoms with Crippen LogP contribution in [0.5, 0.6) is 11.5 Å². The average molecular weight is 587 g/mol. The quantitative estimate of drug-likeness (QED) is 0.226. The van der Waals surface area contributed by atoms with E-state index >= 15 is 0 Å². The number of ether oxygens (including phenoxy) is 2. The third-order valence-corrected chi connectivity index (χ3v) is 7.99. The highest BCUT2D eigenvalue weighted by Crippen LogP contribution is 2.45. The molecular formula is C26H26F4N2O5S2. The van der Waals surface area contributed by atoms with E-state index in [1.165, 1.54) is 31.4 Å². The number of sulfone groups is 1. The number of nitrogens with zero attached hydrogens (tertiary/aromatic N) is 1. The molecule has 0 spiro atoms. The van der Waals surface area contributed by atoms with E-state index in [4.69, 9.17) is 13.9 Å². The van der Waals surface area contributed by atoms with E-state index in [9.17, 15) is 26.0 Å². The highest BCUT2D eigenvalue weighted by molar-refractivity contribution is 8.00. The summed E-state index contributed by atoms with van der Waals surface area (Å²) in [7, 11) is -0.293. The molecule has 1 aliphatic heterocycles. The van der Waals surface area contributed by atoms with E-state index in [0.29, 0.717) is 18.7 Å². The van der Waals surface area contributed by atoms with Crippen LogP contribution in [0.15, 0.2) is 50.6 Å². The van der Waals surface area contributed by atoms with Crippen LogP contribution in [0.25, 0.3) is 11.0 Å². The van der Waals surface area contributed by atoms with E-state index in [0.717, 1.165) is 6.26 Å². The molecule has 1 aromatic heterocycles. The van der Waals surface area contributed by atoms with Crippen molar-refractivity contribution >= 4 is 38.3 Å². The molecule has 7 nitrogen and oxygen atoms in total. The van der Waals surface area contributed by atoms with Crippen molar-refractivity contribution in [2.75, 3.05) is 45.4 Å². The summed E-state index contributed by atoms with van der Waals surface area (Å²) in [5.74, 6) is 5.41. The first-order valence-electron chi connectivity index (χ1n) is 11.8. The van der Waals surface area contributed by atoms with Crippen molar-refractivity contribution < 1.29 is 39.9 Å². The maximum Gasteiger partial charge on any atom is 0.446 e. The second-order valence-corrected chi connectivity index (χ2v) is 12.1. The Morgan fingerprint density at radius 3 is 2.67 bits per heavy atom. The number of nitrogens with one attached hydrogen (secondary N) is 1. The third kappa shape index (κ3) is 7.12. The van der Waals surface area contributed by atoms with Crippen LogP contribution in [-0.4, -0.2) is 71.1 Å². The van der Waals surface area contributed by atoms with Crippen molar-refractivity contribution in [2.45, 2.75) is 33.9 Å². The molecule has 13 heteroatoms. The molecule has 1 fully saturated rings. The smallest absolute Gasteiger partial charge is 0.446 e. The number of para-hydroxylation sites is 1. The number of anilines is 1. The Hall–Kier alpha value is -3.08. The minimum Gasteiger partial charge on any atom is -0.493 e. The van der Waals surface area contributed by atoms with Crippen LogP contribution in [0.1, 0.15) is 12.2 Å². The van der Waals surface area contributed by atoms with E-state index < -0.39 is 27.6 Å². The van der Waals surface area contributed by atoms with Gasteiger partial charge >= 0.3 is 5.51 Å². The number of benzene rings is 2. The topological polar surface area (TPSA) is 81.0 Å². The molecule has 1 N–H and O–H groups in total. The number of furan rings is 1. The molecule has 0 unspecified atom stereocenters. The predicted molar refractivity (Wildman–Crippen MR) is 141 cm³/mol. The molecule has 2 aromatic carbocycles. The number of alkyl halides is 4. The van der Waals surface area contributed by atoms with E-state index in [1.54, 1.807) is 12.1 Å². The lowest BCUT2D eigenvalue weighted by Crippen LogP contribution is -2.46. The molecule has 2 heterocycles. The number of halogens is 4. The van der Waals surface area contributed by atoms with Crippen LogP contribution in [-0.2, 0) is 9.84 Å². The lowest BCUT2D eigenvalue weighted by Gasteiger charge is -2.33. The van der Waals surface area contributed by atoms with Crippen LogP contribution in [0, 0.1) is 11.8 Å². The lowest BCUT2D eigenvalue weighted by molar-refractivity contribution is -0.0328.